The molecule has 5 aromatic rings. The lowest BCUT2D eigenvalue weighted by Gasteiger charge is -2.25. The highest BCUT2D eigenvalue weighted by Crippen LogP contribution is 2.69. The first-order valence-electron chi connectivity index (χ1n) is 12.9. The van der Waals surface area contributed by atoms with Gasteiger partial charge in [-0.15, -0.1) is 0 Å². The van der Waals surface area contributed by atoms with Crippen molar-refractivity contribution in [3.63, 3.8) is 0 Å². The normalized spacial score (nSPS) is 21.5. The van der Waals surface area contributed by atoms with E-state index in [4.69, 9.17) is 5.26 Å². The molecule has 1 amide bonds. The smallest absolute Gasteiger partial charge is 0.272 e. The summed E-state index contributed by atoms with van der Waals surface area (Å²) in [4.78, 5) is 19.6. The molecule has 0 bridgehead atoms. The Bertz CT molecular complexity index is 1770. The Hall–Kier alpha value is -4.83. The van der Waals surface area contributed by atoms with Gasteiger partial charge in [-0.2, -0.15) is 10.4 Å². The minimum Gasteiger partial charge on any atom is -0.336 e. The van der Waals surface area contributed by atoms with E-state index in [2.05, 4.69) is 59.5 Å². The van der Waals surface area contributed by atoms with Crippen LogP contribution in [0, 0.1) is 30.0 Å². The molecule has 0 radical (unpaired) electrons. The average molecular weight is 514 g/mol. The van der Waals surface area contributed by atoms with Gasteiger partial charge in [-0.25, -0.2) is 14.1 Å². The number of pyridine rings is 1. The summed E-state index contributed by atoms with van der Waals surface area (Å²) in [7, 11) is 0. The van der Waals surface area contributed by atoms with E-state index in [0.717, 1.165) is 22.2 Å². The number of rotatable bonds is 4. The highest BCUT2D eigenvalue weighted by molar-refractivity contribution is 5.93. The van der Waals surface area contributed by atoms with Crippen molar-refractivity contribution in [3.05, 3.63) is 125 Å². The summed E-state index contributed by atoms with van der Waals surface area (Å²) in [5.41, 5.74) is 6.00. The largest absolute Gasteiger partial charge is 0.336 e. The molecule has 3 aromatic carbocycles. The summed E-state index contributed by atoms with van der Waals surface area (Å²) in [6.07, 6.45) is 3.30. The number of nitrogens with zero attached hydrogens (tertiary/aromatic N) is 5. The minimum atomic E-state index is -0.281. The van der Waals surface area contributed by atoms with E-state index in [1.807, 2.05) is 21.8 Å². The number of piperidine rings is 1. The topological polar surface area (TPSA) is 74.8 Å². The van der Waals surface area contributed by atoms with E-state index >= 15 is 0 Å². The minimum absolute atomic E-state index is 0.110. The van der Waals surface area contributed by atoms with Crippen LogP contribution in [0.4, 0.5) is 4.39 Å². The van der Waals surface area contributed by atoms with Crippen LogP contribution >= 0.6 is 0 Å². The second-order valence-electron chi connectivity index (χ2n) is 10.5. The van der Waals surface area contributed by atoms with Gasteiger partial charge in [0.05, 0.1) is 23.0 Å². The van der Waals surface area contributed by atoms with E-state index in [1.165, 1.54) is 29.5 Å². The molecular formula is C32H24FN5O. The number of aryl methyl sites for hydroxylation is 1. The molecule has 1 aliphatic heterocycles. The van der Waals surface area contributed by atoms with E-state index in [1.54, 1.807) is 24.3 Å². The Morgan fingerprint density at radius 1 is 1.05 bits per heavy atom. The number of likely N-dealkylation sites (tertiary alicyclic amines) is 1. The standard InChI is InChI=1S/C32H24FN5O/c1-20-13-29-23(17-36-38(29)25-10-8-24(33)9-11-25)14-26(20)32-19-37(31(39)28-12-7-21(15-34)16-35-28)18-27(32)30(32)22-5-3-2-4-6-22/h2-14,16-17,27,30H,18-19H2,1H3/t27-,30-,32+/m0/s1. The van der Waals surface area contributed by atoms with Gasteiger partial charge in [0.25, 0.3) is 5.91 Å². The number of fused-ring (bicyclic) bond motifs is 2. The van der Waals surface area contributed by atoms with E-state index in [0.29, 0.717) is 30.3 Å². The number of halogens is 1. The third-order valence-electron chi connectivity index (χ3n) is 8.42. The first-order chi connectivity index (χ1) is 19.0. The molecule has 2 aromatic heterocycles. The molecule has 7 rings (SSSR count). The summed E-state index contributed by atoms with van der Waals surface area (Å²) < 4.78 is 15.3. The van der Waals surface area contributed by atoms with Crippen LogP contribution in [0.15, 0.2) is 91.3 Å². The first kappa shape index (κ1) is 23.3. The van der Waals surface area contributed by atoms with Crippen LogP contribution in [-0.4, -0.2) is 38.7 Å². The van der Waals surface area contributed by atoms with Crippen molar-refractivity contribution in [2.45, 2.75) is 18.3 Å². The van der Waals surface area contributed by atoms with E-state index < -0.39 is 0 Å². The van der Waals surface area contributed by atoms with Gasteiger partial charge in [0.15, 0.2) is 0 Å². The Labute approximate surface area is 224 Å². The summed E-state index contributed by atoms with van der Waals surface area (Å²) in [5, 5.41) is 14.7. The summed E-state index contributed by atoms with van der Waals surface area (Å²) in [6.45, 7) is 3.36. The Morgan fingerprint density at radius 2 is 1.85 bits per heavy atom. The lowest BCUT2D eigenvalue weighted by atomic mass is 9.86. The molecule has 2 aliphatic rings. The maximum Gasteiger partial charge on any atom is 0.272 e. The Balaban J connectivity index is 1.29. The molecule has 39 heavy (non-hydrogen) atoms. The van der Waals surface area contributed by atoms with Crippen LogP contribution < -0.4 is 0 Å². The van der Waals surface area contributed by atoms with Crippen LogP contribution in [0.1, 0.15) is 38.7 Å². The fourth-order valence-electron chi connectivity index (χ4n) is 6.63. The molecule has 6 nitrogen and oxygen atoms in total. The molecule has 0 spiro atoms. The zero-order valence-electron chi connectivity index (χ0n) is 21.3. The first-order valence-corrected chi connectivity index (χ1v) is 12.9. The SMILES string of the molecule is Cc1cc2c(cnn2-c2ccc(F)cc2)cc1[C@]12CN(C(=O)c3ccc(C#N)cn3)C[C@H]1[C@@H]2c1ccccc1. The molecule has 1 saturated carbocycles. The van der Waals surface area contributed by atoms with Crippen molar-refractivity contribution in [1.82, 2.24) is 19.7 Å². The Kier molecular flexibility index (Phi) is 5.14. The molecule has 7 heteroatoms. The van der Waals surface area contributed by atoms with Gasteiger partial charge >= 0.3 is 0 Å². The van der Waals surface area contributed by atoms with Crippen molar-refractivity contribution in [1.29, 1.82) is 5.26 Å². The maximum absolute atomic E-state index is 13.5. The van der Waals surface area contributed by atoms with Gasteiger partial charge in [0.1, 0.15) is 17.6 Å². The quantitative estimate of drug-likeness (QED) is 0.316. The second-order valence-corrected chi connectivity index (χ2v) is 10.5. The number of benzene rings is 3. The number of amides is 1. The predicted molar refractivity (Wildman–Crippen MR) is 145 cm³/mol. The fourth-order valence-corrected chi connectivity index (χ4v) is 6.63. The van der Waals surface area contributed by atoms with Crippen LogP contribution in [0.3, 0.4) is 0 Å². The lowest BCUT2D eigenvalue weighted by molar-refractivity contribution is 0.0763. The third kappa shape index (κ3) is 3.56. The van der Waals surface area contributed by atoms with Crippen molar-refractivity contribution < 1.29 is 9.18 Å². The Morgan fingerprint density at radius 3 is 2.56 bits per heavy atom. The van der Waals surface area contributed by atoms with Crippen LogP contribution in [0.25, 0.3) is 16.6 Å². The van der Waals surface area contributed by atoms with Gasteiger partial charge in [0.2, 0.25) is 0 Å². The molecular weight excluding hydrogens is 489 g/mol. The molecule has 0 unspecified atom stereocenters. The summed E-state index contributed by atoms with van der Waals surface area (Å²) in [5.74, 6) is 0.197. The zero-order chi connectivity index (χ0) is 26.7. The van der Waals surface area contributed by atoms with Crippen molar-refractivity contribution in [3.8, 4) is 11.8 Å². The summed E-state index contributed by atoms with van der Waals surface area (Å²) in [6, 6.07) is 26.6. The van der Waals surface area contributed by atoms with Gasteiger partial charge in [-0.05, 0) is 78.1 Å². The predicted octanol–water partition coefficient (Wildman–Crippen LogP) is 5.55. The van der Waals surface area contributed by atoms with Gasteiger partial charge in [0, 0.05) is 36.0 Å². The van der Waals surface area contributed by atoms with Gasteiger partial charge in [-0.3, -0.25) is 4.79 Å². The zero-order valence-corrected chi connectivity index (χ0v) is 21.3. The average Bonchev–Trinajstić information content (AvgIpc) is 3.23. The molecule has 3 heterocycles. The van der Waals surface area contributed by atoms with Crippen molar-refractivity contribution in [2.24, 2.45) is 5.92 Å². The van der Waals surface area contributed by atoms with Gasteiger partial charge in [-0.1, -0.05) is 30.3 Å². The van der Waals surface area contributed by atoms with Crippen LogP contribution in [-0.2, 0) is 5.41 Å². The van der Waals surface area contributed by atoms with Crippen LogP contribution in [0.2, 0.25) is 0 Å². The van der Waals surface area contributed by atoms with Crippen molar-refractivity contribution >= 4 is 16.8 Å². The molecule has 1 saturated heterocycles. The van der Waals surface area contributed by atoms with Crippen molar-refractivity contribution in [2.75, 3.05) is 13.1 Å². The molecule has 3 atom stereocenters. The number of carbonyl (C=O) groups is 1. The molecule has 190 valence electrons. The summed E-state index contributed by atoms with van der Waals surface area (Å²) >= 11 is 0. The van der Waals surface area contributed by atoms with E-state index in [-0.39, 0.29) is 23.1 Å². The second kappa shape index (κ2) is 8.60. The van der Waals surface area contributed by atoms with Crippen LogP contribution in [0.5, 0.6) is 0 Å². The van der Waals surface area contributed by atoms with Gasteiger partial charge < -0.3 is 4.90 Å². The molecule has 2 fully saturated rings. The third-order valence-corrected chi connectivity index (χ3v) is 8.42. The monoisotopic (exact) mass is 513 g/mol. The number of nitriles is 1. The number of carbonyl (C=O) groups excluding carboxylic acids is 1. The highest BCUT2D eigenvalue weighted by Gasteiger charge is 2.71. The maximum atomic E-state index is 13.5. The highest BCUT2D eigenvalue weighted by atomic mass is 19.1. The number of hydrogen-bond donors (Lipinski definition) is 0. The van der Waals surface area contributed by atoms with E-state index in [9.17, 15) is 9.18 Å². The lowest BCUT2D eigenvalue weighted by Crippen LogP contribution is -2.35. The molecule has 1 aliphatic carbocycles. The number of hydrogen-bond acceptors (Lipinski definition) is 4. The number of aromatic nitrogens is 3. The molecule has 0 N–H and O–H groups in total. The fraction of sp³-hybridized carbons (Fsp3) is 0.188.